The van der Waals surface area contributed by atoms with Gasteiger partial charge in [-0.2, -0.15) is 0 Å². The summed E-state index contributed by atoms with van der Waals surface area (Å²) in [6.07, 6.45) is 0.716. The maximum atomic E-state index is 13.9. The first-order valence-corrected chi connectivity index (χ1v) is 14.5. The quantitative estimate of drug-likeness (QED) is 0.310. The summed E-state index contributed by atoms with van der Waals surface area (Å²) in [4.78, 5) is 27.9. The van der Waals surface area contributed by atoms with Crippen molar-refractivity contribution in [3.8, 4) is 0 Å². The van der Waals surface area contributed by atoms with E-state index in [2.05, 4.69) is 21.2 Å². The second-order valence-electron chi connectivity index (χ2n) is 8.54. The minimum absolute atomic E-state index is 0.0142. The number of hydrogen-bond donors (Lipinski definition) is 1. The fraction of sp³-hybridized carbons (Fsp3) is 0.259. The summed E-state index contributed by atoms with van der Waals surface area (Å²) in [6, 6.07) is 17.4. The molecule has 1 atom stereocenters. The van der Waals surface area contributed by atoms with Crippen molar-refractivity contribution in [3.05, 3.63) is 93.7 Å². The molecule has 3 aromatic rings. The Bertz CT molecular complexity index is 1370. The topological polar surface area (TPSA) is 86.8 Å². The predicted octanol–water partition coefficient (Wildman–Crippen LogP) is 5.38. The van der Waals surface area contributed by atoms with E-state index in [0.29, 0.717) is 13.0 Å². The monoisotopic (exact) mass is 623 g/mol. The van der Waals surface area contributed by atoms with Crippen LogP contribution in [0, 0.1) is 5.82 Å². The van der Waals surface area contributed by atoms with Gasteiger partial charge in [0.15, 0.2) is 0 Å². The molecule has 3 rings (SSSR count). The van der Waals surface area contributed by atoms with Crippen molar-refractivity contribution in [2.75, 3.05) is 17.4 Å². The molecule has 0 radical (unpaired) electrons. The summed E-state index contributed by atoms with van der Waals surface area (Å²) < 4.78 is 43.0. The van der Waals surface area contributed by atoms with E-state index in [1.54, 1.807) is 37.3 Å². The lowest BCUT2D eigenvalue weighted by atomic mass is 10.1. The number of benzene rings is 3. The van der Waals surface area contributed by atoms with Gasteiger partial charge in [0.1, 0.15) is 18.4 Å². The molecule has 0 aliphatic heterocycles. The molecule has 0 saturated heterocycles. The molecular weight excluding hydrogens is 597 g/mol. The van der Waals surface area contributed by atoms with Gasteiger partial charge in [-0.1, -0.05) is 64.8 Å². The molecule has 202 valence electrons. The minimum Gasteiger partial charge on any atom is -0.354 e. The number of carbonyl (C=O) groups is 2. The van der Waals surface area contributed by atoms with Gasteiger partial charge >= 0.3 is 0 Å². The Kier molecular flexibility index (Phi) is 10.3. The van der Waals surface area contributed by atoms with E-state index in [4.69, 9.17) is 11.6 Å². The Morgan fingerprint density at radius 2 is 1.71 bits per heavy atom. The summed E-state index contributed by atoms with van der Waals surface area (Å²) in [6.45, 7) is 3.37. The van der Waals surface area contributed by atoms with Gasteiger partial charge in [-0.3, -0.25) is 13.9 Å². The van der Waals surface area contributed by atoms with Crippen LogP contribution in [0.4, 0.5) is 10.1 Å². The third-order valence-electron chi connectivity index (χ3n) is 5.78. The molecule has 0 saturated carbocycles. The minimum atomic E-state index is -4.25. The number of nitrogens with one attached hydrogen (secondary N) is 1. The van der Waals surface area contributed by atoms with Crippen molar-refractivity contribution in [1.82, 2.24) is 10.2 Å². The Labute approximate surface area is 235 Å². The zero-order chi connectivity index (χ0) is 27.9. The molecule has 11 heteroatoms. The van der Waals surface area contributed by atoms with Crippen LogP contribution in [0.15, 0.2) is 82.2 Å². The maximum Gasteiger partial charge on any atom is 0.264 e. The highest BCUT2D eigenvalue weighted by Gasteiger charge is 2.32. The third kappa shape index (κ3) is 7.33. The van der Waals surface area contributed by atoms with Crippen LogP contribution in [0.25, 0.3) is 0 Å². The molecule has 3 aromatic carbocycles. The number of anilines is 1. The van der Waals surface area contributed by atoms with Crippen molar-refractivity contribution in [1.29, 1.82) is 0 Å². The molecule has 38 heavy (non-hydrogen) atoms. The molecule has 0 heterocycles. The number of sulfonamides is 1. The Balaban J connectivity index is 2.02. The van der Waals surface area contributed by atoms with Crippen LogP contribution in [0.2, 0.25) is 5.02 Å². The smallest absolute Gasteiger partial charge is 0.264 e. The van der Waals surface area contributed by atoms with Gasteiger partial charge in [0.05, 0.1) is 15.6 Å². The Morgan fingerprint density at radius 3 is 2.32 bits per heavy atom. The molecule has 0 aliphatic rings. The number of nitrogens with zero attached hydrogens (tertiary/aromatic N) is 2. The van der Waals surface area contributed by atoms with E-state index in [1.807, 2.05) is 19.1 Å². The van der Waals surface area contributed by atoms with E-state index in [1.165, 1.54) is 23.1 Å². The Morgan fingerprint density at radius 1 is 1.05 bits per heavy atom. The molecule has 7 nitrogen and oxygen atoms in total. The summed E-state index contributed by atoms with van der Waals surface area (Å²) in [7, 11) is -4.25. The first-order chi connectivity index (χ1) is 18.0. The van der Waals surface area contributed by atoms with Gasteiger partial charge in [-0.25, -0.2) is 12.8 Å². The SMILES string of the molecule is CCCNC(=O)C(C)N(Cc1ccc(Br)cc1)C(=O)CN(c1ccc(F)c(Cl)c1)S(=O)(=O)c1ccccc1. The summed E-state index contributed by atoms with van der Waals surface area (Å²) in [5, 5.41) is 2.50. The first-order valence-electron chi connectivity index (χ1n) is 11.9. The van der Waals surface area contributed by atoms with E-state index >= 15 is 0 Å². The average molecular weight is 625 g/mol. The second-order valence-corrected chi connectivity index (χ2v) is 11.7. The maximum absolute atomic E-state index is 13.9. The normalized spacial score (nSPS) is 12.0. The highest BCUT2D eigenvalue weighted by atomic mass is 79.9. The molecule has 0 aromatic heterocycles. The largest absolute Gasteiger partial charge is 0.354 e. The van der Waals surface area contributed by atoms with Gasteiger partial charge in [-0.15, -0.1) is 0 Å². The fourth-order valence-corrected chi connectivity index (χ4v) is 5.52. The van der Waals surface area contributed by atoms with E-state index in [0.717, 1.165) is 26.5 Å². The number of hydrogen-bond acceptors (Lipinski definition) is 4. The molecule has 0 spiro atoms. The van der Waals surface area contributed by atoms with Crippen LogP contribution in [0.3, 0.4) is 0 Å². The van der Waals surface area contributed by atoms with E-state index in [9.17, 15) is 22.4 Å². The molecule has 0 bridgehead atoms. The van der Waals surface area contributed by atoms with Crippen LogP contribution in [-0.2, 0) is 26.2 Å². The third-order valence-corrected chi connectivity index (χ3v) is 8.39. The Hall–Kier alpha value is -2.95. The van der Waals surface area contributed by atoms with E-state index in [-0.39, 0.29) is 28.1 Å². The van der Waals surface area contributed by atoms with Crippen molar-refractivity contribution >= 4 is 55.1 Å². The second kappa shape index (κ2) is 13.2. The summed E-state index contributed by atoms with van der Waals surface area (Å²) in [5.74, 6) is -1.71. The number of amides is 2. The first kappa shape index (κ1) is 29.6. The van der Waals surface area contributed by atoms with Gasteiger partial charge in [0.2, 0.25) is 11.8 Å². The van der Waals surface area contributed by atoms with Crippen molar-refractivity contribution in [3.63, 3.8) is 0 Å². The lowest BCUT2D eigenvalue weighted by Gasteiger charge is -2.32. The van der Waals surface area contributed by atoms with Gasteiger partial charge < -0.3 is 10.2 Å². The van der Waals surface area contributed by atoms with Gasteiger partial charge in [-0.05, 0) is 61.4 Å². The fourth-order valence-electron chi connectivity index (χ4n) is 3.65. The van der Waals surface area contributed by atoms with Crippen LogP contribution < -0.4 is 9.62 Å². The number of halogens is 3. The molecule has 1 N–H and O–H groups in total. The number of carbonyl (C=O) groups excluding carboxylic acids is 2. The molecule has 2 amide bonds. The summed E-state index contributed by atoms with van der Waals surface area (Å²) >= 11 is 9.34. The number of rotatable bonds is 11. The van der Waals surface area contributed by atoms with Crippen LogP contribution in [0.1, 0.15) is 25.8 Å². The molecular formula is C27H28BrClFN3O4S. The highest BCUT2D eigenvalue weighted by Crippen LogP contribution is 2.28. The molecule has 0 aliphatic carbocycles. The molecule has 1 unspecified atom stereocenters. The van der Waals surface area contributed by atoms with Crippen molar-refractivity contribution in [2.45, 2.75) is 37.8 Å². The van der Waals surface area contributed by atoms with Crippen LogP contribution in [0.5, 0.6) is 0 Å². The van der Waals surface area contributed by atoms with Crippen molar-refractivity contribution in [2.24, 2.45) is 0 Å². The van der Waals surface area contributed by atoms with Crippen molar-refractivity contribution < 1.29 is 22.4 Å². The lowest BCUT2D eigenvalue weighted by molar-refractivity contribution is -0.139. The molecule has 0 fully saturated rings. The summed E-state index contributed by atoms with van der Waals surface area (Å²) in [5.41, 5.74) is 0.763. The average Bonchev–Trinajstić information content (AvgIpc) is 2.91. The lowest BCUT2D eigenvalue weighted by Crippen LogP contribution is -2.51. The van der Waals surface area contributed by atoms with Crippen LogP contribution >= 0.6 is 27.5 Å². The standard InChI is InChI=1S/C27H28BrClFN3O4S/c1-3-15-31-27(35)19(2)32(17-20-9-11-21(28)12-10-20)26(34)18-33(22-13-14-25(30)24(29)16-22)38(36,37)23-7-5-4-6-8-23/h4-14,16,19H,3,15,17-18H2,1-2H3,(H,31,35). The highest BCUT2D eigenvalue weighted by molar-refractivity contribution is 9.10. The van der Waals surface area contributed by atoms with Crippen LogP contribution in [-0.4, -0.2) is 44.3 Å². The van der Waals surface area contributed by atoms with E-state index < -0.39 is 34.3 Å². The van der Waals surface area contributed by atoms with Gasteiger partial charge in [0.25, 0.3) is 10.0 Å². The zero-order valence-electron chi connectivity index (χ0n) is 20.9. The predicted molar refractivity (Wildman–Crippen MR) is 150 cm³/mol. The van der Waals surface area contributed by atoms with Gasteiger partial charge in [0, 0.05) is 17.6 Å². The zero-order valence-corrected chi connectivity index (χ0v) is 24.1.